The standard InChI is InChI=1S/C19H19ClN4O3S/c20-16-4-3-15-5-7-23(18(15)12-16)14-19(25)22-8-10-24(11-9-22)28(26,27)17-2-1-6-21-13-17/h1-7,12-13H,8-11,14H2. The monoisotopic (exact) mass is 418 g/mol. The van der Waals surface area contributed by atoms with E-state index in [0.29, 0.717) is 18.1 Å². The predicted molar refractivity (Wildman–Crippen MR) is 107 cm³/mol. The topological polar surface area (TPSA) is 75.5 Å². The number of pyridine rings is 1. The molecule has 1 amide bonds. The molecule has 0 atom stereocenters. The highest BCUT2D eigenvalue weighted by Gasteiger charge is 2.30. The summed E-state index contributed by atoms with van der Waals surface area (Å²) in [6.45, 7) is 1.44. The van der Waals surface area contributed by atoms with E-state index in [4.69, 9.17) is 11.6 Å². The molecule has 0 spiro atoms. The minimum absolute atomic E-state index is 0.0455. The second kappa shape index (κ2) is 7.54. The summed E-state index contributed by atoms with van der Waals surface area (Å²) in [6, 6.07) is 10.6. The number of hydrogen-bond donors (Lipinski definition) is 0. The number of nitrogens with zero attached hydrogens (tertiary/aromatic N) is 4. The second-order valence-corrected chi connectivity index (χ2v) is 8.99. The molecule has 0 aliphatic carbocycles. The number of benzene rings is 1. The lowest BCUT2D eigenvalue weighted by Crippen LogP contribution is -2.51. The van der Waals surface area contributed by atoms with Crippen LogP contribution in [0.2, 0.25) is 5.02 Å². The summed E-state index contributed by atoms with van der Waals surface area (Å²) in [5.74, 6) is -0.0455. The first-order valence-corrected chi connectivity index (χ1v) is 10.7. The van der Waals surface area contributed by atoms with Crippen LogP contribution >= 0.6 is 11.6 Å². The molecule has 1 aromatic carbocycles. The van der Waals surface area contributed by atoms with Gasteiger partial charge in [-0.25, -0.2) is 8.42 Å². The van der Waals surface area contributed by atoms with Crippen LogP contribution in [0.4, 0.5) is 0 Å². The van der Waals surface area contributed by atoms with Gasteiger partial charge in [0.1, 0.15) is 11.4 Å². The van der Waals surface area contributed by atoms with Crippen molar-refractivity contribution >= 4 is 38.4 Å². The van der Waals surface area contributed by atoms with Gasteiger partial charge in [0.2, 0.25) is 15.9 Å². The second-order valence-electron chi connectivity index (χ2n) is 6.62. The summed E-state index contributed by atoms with van der Waals surface area (Å²) in [6.07, 6.45) is 4.74. The van der Waals surface area contributed by atoms with Crippen molar-refractivity contribution in [1.29, 1.82) is 0 Å². The van der Waals surface area contributed by atoms with Crippen molar-refractivity contribution in [3.05, 3.63) is 60.0 Å². The molecule has 9 heteroatoms. The number of rotatable bonds is 4. The molecular weight excluding hydrogens is 400 g/mol. The smallest absolute Gasteiger partial charge is 0.244 e. The van der Waals surface area contributed by atoms with Gasteiger partial charge in [0.25, 0.3) is 0 Å². The van der Waals surface area contributed by atoms with Crippen LogP contribution in [0.3, 0.4) is 0 Å². The maximum atomic E-state index is 12.7. The largest absolute Gasteiger partial charge is 0.339 e. The van der Waals surface area contributed by atoms with Gasteiger partial charge in [0, 0.05) is 55.3 Å². The lowest BCUT2D eigenvalue weighted by molar-refractivity contribution is -0.132. The van der Waals surface area contributed by atoms with Crippen molar-refractivity contribution in [3.8, 4) is 0 Å². The number of sulfonamides is 1. The van der Waals surface area contributed by atoms with Gasteiger partial charge in [-0.15, -0.1) is 0 Å². The van der Waals surface area contributed by atoms with Gasteiger partial charge in [0.05, 0.1) is 0 Å². The molecular formula is C19H19ClN4O3S. The van der Waals surface area contributed by atoms with Crippen molar-refractivity contribution in [2.45, 2.75) is 11.4 Å². The van der Waals surface area contributed by atoms with Crippen LogP contribution in [0.1, 0.15) is 0 Å². The molecule has 4 rings (SSSR count). The summed E-state index contributed by atoms with van der Waals surface area (Å²) in [5, 5.41) is 1.64. The Morgan fingerprint density at radius 3 is 2.61 bits per heavy atom. The molecule has 0 bridgehead atoms. The van der Waals surface area contributed by atoms with Gasteiger partial charge in [0.15, 0.2) is 0 Å². The zero-order valence-electron chi connectivity index (χ0n) is 15.0. The van der Waals surface area contributed by atoms with E-state index in [1.807, 2.05) is 35.0 Å². The van der Waals surface area contributed by atoms with Gasteiger partial charge < -0.3 is 9.47 Å². The molecule has 0 N–H and O–H groups in total. The summed E-state index contributed by atoms with van der Waals surface area (Å²) in [5.41, 5.74) is 0.902. The van der Waals surface area contributed by atoms with Crippen LogP contribution in [0.5, 0.6) is 0 Å². The third-order valence-corrected chi connectivity index (χ3v) is 7.02. The fourth-order valence-electron chi connectivity index (χ4n) is 3.37. The summed E-state index contributed by atoms with van der Waals surface area (Å²) in [7, 11) is -3.58. The van der Waals surface area contributed by atoms with E-state index in [9.17, 15) is 13.2 Å². The summed E-state index contributed by atoms with van der Waals surface area (Å²) < 4.78 is 28.6. The molecule has 0 radical (unpaired) electrons. The van der Waals surface area contributed by atoms with Crippen LogP contribution in [-0.2, 0) is 21.4 Å². The van der Waals surface area contributed by atoms with Gasteiger partial charge >= 0.3 is 0 Å². The normalized spacial score (nSPS) is 15.8. The maximum Gasteiger partial charge on any atom is 0.244 e. The van der Waals surface area contributed by atoms with Crippen molar-refractivity contribution in [2.24, 2.45) is 0 Å². The number of carbonyl (C=O) groups is 1. The van der Waals surface area contributed by atoms with Crippen LogP contribution in [0.15, 0.2) is 59.9 Å². The van der Waals surface area contributed by atoms with Gasteiger partial charge in [-0.2, -0.15) is 4.31 Å². The molecule has 7 nitrogen and oxygen atoms in total. The first-order chi connectivity index (χ1) is 13.4. The van der Waals surface area contributed by atoms with Gasteiger partial charge in [-0.1, -0.05) is 17.7 Å². The van der Waals surface area contributed by atoms with Gasteiger partial charge in [-0.3, -0.25) is 9.78 Å². The number of piperazine rings is 1. The Balaban J connectivity index is 1.42. The van der Waals surface area contributed by atoms with E-state index in [2.05, 4.69) is 4.98 Å². The first kappa shape index (κ1) is 18.9. The van der Waals surface area contributed by atoms with Crippen molar-refractivity contribution < 1.29 is 13.2 Å². The van der Waals surface area contributed by atoms with E-state index < -0.39 is 10.0 Å². The first-order valence-electron chi connectivity index (χ1n) is 8.87. The number of amides is 1. The minimum Gasteiger partial charge on any atom is -0.339 e. The Hall–Kier alpha value is -2.42. The zero-order valence-corrected chi connectivity index (χ0v) is 16.6. The number of hydrogen-bond acceptors (Lipinski definition) is 4. The molecule has 1 aliphatic heterocycles. The quantitative estimate of drug-likeness (QED) is 0.651. The van der Waals surface area contributed by atoms with Crippen LogP contribution < -0.4 is 0 Å². The van der Waals surface area contributed by atoms with E-state index in [0.717, 1.165) is 10.9 Å². The molecule has 3 aromatic rings. The number of aromatic nitrogens is 2. The zero-order chi connectivity index (χ0) is 19.7. The molecule has 1 saturated heterocycles. The van der Waals surface area contributed by atoms with Crippen molar-refractivity contribution in [3.63, 3.8) is 0 Å². The van der Waals surface area contributed by atoms with Crippen LogP contribution in [0, 0.1) is 0 Å². The average Bonchev–Trinajstić information content (AvgIpc) is 3.10. The fourth-order valence-corrected chi connectivity index (χ4v) is 4.92. The summed E-state index contributed by atoms with van der Waals surface area (Å²) >= 11 is 6.07. The predicted octanol–water partition coefficient (Wildman–Crippen LogP) is 2.22. The van der Waals surface area contributed by atoms with Crippen LogP contribution in [-0.4, -0.2) is 59.3 Å². The van der Waals surface area contributed by atoms with E-state index >= 15 is 0 Å². The number of fused-ring (bicyclic) bond motifs is 1. The molecule has 28 heavy (non-hydrogen) atoms. The van der Waals surface area contributed by atoms with Crippen LogP contribution in [0.25, 0.3) is 10.9 Å². The number of carbonyl (C=O) groups excluding carboxylic acids is 1. The Bertz CT molecular complexity index is 1110. The fraction of sp³-hybridized carbons (Fsp3) is 0.263. The SMILES string of the molecule is O=C(Cn1ccc2ccc(Cl)cc21)N1CCN(S(=O)(=O)c2cccnc2)CC1. The molecule has 0 unspecified atom stereocenters. The molecule has 146 valence electrons. The lowest BCUT2D eigenvalue weighted by Gasteiger charge is -2.34. The highest BCUT2D eigenvalue weighted by Crippen LogP contribution is 2.21. The lowest BCUT2D eigenvalue weighted by atomic mass is 10.2. The number of halogens is 1. The Morgan fingerprint density at radius 1 is 1.11 bits per heavy atom. The molecule has 0 saturated carbocycles. The summed E-state index contributed by atoms with van der Waals surface area (Å²) in [4.78, 5) is 18.5. The van der Waals surface area contributed by atoms with Crippen molar-refractivity contribution in [2.75, 3.05) is 26.2 Å². The maximum absolute atomic E-state index is 12.7. The Labute approximate surface area is 168 Å². The van der Waals surface area contributed by atoms with E-state index in [1.54, 1.807) is 11.0 Å². The van der Waals surface area contributed by atoms with Gasteiger partial charge in [-0.05, 0) is 35.7 Å². The highest BCUT2D eigenvalue weighted by atomic mass is 35.5. The van der Waals surface area contributed by atoms with Crippen molar-refractivity contribution in [1.82, 2.24) is 18.8 Å². The molecule has 3 heterocycles. The molecule has 1 aliphatic rings. The van der Waals surface area contributed by atoms with E-state index in [-0.39, 0.29) is 30.4 Å². The highest BCUT2D eigenvalue weighted by molar-refractivity contribution is 7.89. The molecule has 1 fully saturated rings. The molecule has 2 aromatic heterocycles. The average molecular weight is 419 g/mol. The third-order valence-electron chi connectivity index (χ3n) is 4.91. The Kier molecular flexibility index (Phi) is 5.09. The third kappa shape index (κ3) is 3.63. The minimum atomic E-state index is -3.58. The van der Waals surface area contributed by atoms with E-state index in [1.165, 1.54) is 22.8 Å². The Morgan fingerprint density at radius 2 is 1.89 bits per heavy atom.